The fraction of sp³-hybridized carbons (Fsp3) is 0.438. The smallest absolute Gasteiger partial charge is 0.334 e. The summed E-state index contributed by atoms with van der Waals surface area (Å²) in [5, 5.41) is 0. The Labute approximate surface area is 109 Å². The zero-order valence-corrected chi connectivity index (χ0v) is 11.1. The van der Waals surface area contributed by atoms with Gasteiger partial charge >= 0.3 is 5.97 Å². The van der Waals surface area contributed by atoms with E-state index >= 15 is 0 Å². The Balaban J connectivity index is 2.10. The van der Waals surface area contributed by atoms with Crippen LogP contribution in [-0.2, 0) is 16.0 Å². The summed E-state index contributed by atoms with van der Waals surface area (Å²) in [5.41, 5.74) is 3.24. The summed E-state index contributed by atoms with van der Waals surface area (Å²) in [4.78, 5) is 11.7. The van der Waals surface area contributed by atoms with Crippen LogP contribution >= 0.6 is 0 Å². The monoisotopic (exact) mass is 244 g/mol. The Kier molecular flexibility index (Phi) is 4.19. The lowest BCUT2D eigenvalue weighted by atomic mass is 9.95. The predicted octanol–water partition coefficient (Wildman–Crippen LogP) is 3.66. The number of hydrogen-bond donors (Lipinski definition) is 0. The topological polar surface area (TPSA) is 26.3 Å². The van der Waals surface area contributed by atoms with Gasteiger partial charge in [-0.3, -0.25) is 0 Å². The third-order valence-corrected chi connectivity index (χ3v) is 3.49. The summed E-state index contributed by atoms with van der Waals surface area (Å²) in [6.07, 6.45) is 3.98. The minimum absolute atomic E-state index is 0.0496. The van der Waals surface area contributed by atoms with Gasteiger partial charge in [-0.1, -0.05) is 43.7 Å². The fourth-order valence-corrected chi connectivity index (χ4v) is 2.37. The van der Waals surface area contributed by atoms with Crippen LogP contribution in [-0.4, -0.2) is 12.1 Å². The van der Waals surface area contributed by atoms with E-state index < -0.39 is 0 Å². The van der Waals surface area contributed by atoms with Gasteiger partial charge in [-0.05, 0) is 30.9 Å². The van der Waals surface area contributed by atoms with Crippen molar-refractivity contribution in [1.29, 1.82) is 0 Å². The van der Waals surface area contributed by atoms with E-state index in [1.807, 2.05) is 25.1 Å². The molecule has 0 aliphatic carbocycles. The van der Waals surface area contributed by atoms with Crippen molar-refractivity contribution in [3.8, 4) is 0 Å². The molecule has 18 heavy (non-hydrogen) atoms. The molecule has 2 heteroatoms. The van der Waals surface area contributed by atoms with Crippen LogP contribution in [0.5, 0.6) is 0 Å². The maximum atomic E-state index is 11.7. The molecule has 0 bridgehead atoms. The lowest BCUT2D eigenvalue weighted by Crippen LogP contribution is -2.15. The van der Waals surface area contributed by atoms with Crippen LogP contribution < -0.4 is 0 Å². The largest absolute Gasteiger partial charge is 0.454 e. The lowest BCUT2D eigenvalue weighted by molar-refractivity contribution is -0.139. The first-order valence-electron chi connectivity index (χ1n) is 6.67. The molecule has 1 heterocycles. The van der Waals surface area contributed by atoms with Crippen LogP contribution in [0.15, 0.2) is 41.5 Å². The van der Waals surface area contributed by atoms with E-state index in [-0.39, 0.29) is 12.1 Å². The SMILES string of the molecule is CCCCC1=C(C)C(=O)OC1Cc1ccccc1. The molecule has 0 saturated heterocycles. The summed E-state index contributed by atoms with van der Waals surface area (Å²) < 4.78 is 5.47. The second kappa shape index (κ2) is 5.85. The molecule has 1 aliphatic heterocycles. The normalized spacial score (nSPS) is 19.2. The van der Waals surface area contributed by atoms with E-state index in [2.05, 4.69) is 19.1 Å². The van der Waals surface area contributed by atoms with Gasteiger partial charge in [0.1, 0.15) is 6.10 Å². The number of cyclic esters (lactones) is 1. The maximum absolute atomic E-state index is 11.7. The molecular weight excluding hydrogens is 224 g/mol. The Hall–Kier alpha value is -1.57. The minimum atomic E-state index is -0.137. The highest BCUT2D eigenvalue weighted by Crippen LogP contribution is 2.29. The van der Waals surface area contributed by atoms with Crippen LogP contribution in [0.3, 0.4) is 0 Å². The molecule has 1 aliphatic rings. The highest BCUT2D eigenvalue weighted by atomic mass is 16.5. The summed E-state index contributed by atoms with van der Waals surface area (Å²) in [7, 11) is 0. The average Bonchev–Trinajstić information content (AvgIpc) is 2.64. The molecule has 1 atom stereocenters. The predicted molar refractivity (Wildman–Crippen MR) is 72.3 cm³/mol. The highest BCUT2D eigenvalue weighted by molar-refractivity contribution is 5.91. The number of carbonyl (C=O) groups is 1. The molecule has 0 fully saturated rings. The number of esters is 1. The maximum Gasteiger partial charge on any atom is 0.334 e. The first kappa shape index (κ1) is 12.9. The summed E-state index contributed by atoms with van der Waals surface area (Å²) in [6.45, 7) is 4.05. The number of unbranched alkanes of at least 4 members (excludes halogenated alkanes) is 1. The Morgan fingerprint density at radius 2 is 1.94 bits per heavy atom. The molecular formula is C16H20O2. The van der Waals surface area contributed by atoms with Crippen molar-refractivity contribution in [3.63, 3.8) is 0 Å². The molecule has 0 spiro atoms. The van der Waals surface area contributed by atoms with Crippen molar-refractivity contribution in [3.05, 3.63) is 47.0 Å². The summed E-state index contributed by atoms with van der Waals surface area (Å²) in [6, 6.07) is 10.2. The van der Waals surface area contributed by atoms with Crippen molar-refractivity contribution in [1.82, 2.24) is 0 Å². The molecule has 2 nitrogen and oxygen atoms in total. The molecule has 2 rings (SSSR count). The Bertz CT molecular complexity index is 445. The summed E-state index contributed by atoms with van der Waals surface area (Å²) in [5.74, 6) is -0.137. The van der Waals surface area contributed by atoms with Gasteiger partial charge in [-0.15, -0.1) is 0 Å². The van der Waals surface area contributed by atoms with Crippen molar-refractivity contribution < 1.29 is 9.53 Å². The van der Waals surface area contributed by atoms with E-state index in [4.69, 9.17) is 4.74 Å². The number of rotatable bonds is 5. The van der Waals surface area contributed by atoms with Gasteiger partial charge in [0.2, 0.25) is 0 Å². The number of benzene rings is 1. The zero-order chi connectivity index (χ0) is 13.0. The van der Waals surface area contributed by atoms with Gasteiger partial charge < -0.3 is 4.74 Å². The van der Waals surface area contributed by atoms with E-state index in [0.717, 1.165) is 31.3 Å². The van der Waals surface area contributed by atoms with E-state index in [9.17, 15) is 4.79 Å². The number of hydrogen-bond acceptors (Lipinski definition) is 2. The molecule has 0 saturated carbocycles. The zero-order valence-electron chi connectivity index (χ0n) is 11.1. The molecule has 0 N–H and O–H groups in total. The second-order valence-corrected chi connectivity index (χ2v) is 4.84. The fourth-order valence-electron chi connectivity index (χ4n) is 2.37. The van der Waals surface area contributed by atoms with Crippen LogP contribution in [0.25, 0.3) is 0 Å². The molecule has 0 radical (unpaired) electrons. The Morgan fingerprint density at radius 1 is 1.22 bits per heavy atom. The highest BCUT2D eigenvalue weighted by Gasteiger charge is 2.30. The van der Waals surface area contributed by atoms with Crippen molar-refractivity contribution in [2.45, 2.75) is 45.6 Å². The number of carbonyl (C=O) groups excluding carboxylic acids is 1. The standard InChI is InChI=1S/C16H20O2/c1-3-4-10-14-12(2)16(17)18-15(14)11-13-8-6-5-7-9-13/h5-9,15H,3-4,10-11H2,1-2H3. The van der Waals surface area contributed by atoms with Crippen LogP contribution in [0, 0.1) is 0 Å². The van der Waals surface area contributed by atoms with Gasteiger partial charge in [0.25, 0.3) is 0 Å². The molecule has 0 amide bonds. The first-order chi connectivity index (χ1) is 8.72. The van der Waals surface area contributed by atoms with Crippen LogP contribution in [0.2, 0.25) is 0 Å². The molecule has 1 unspecified atom stereocenters. The van der Waals surface area contributed by atoms with E-state index in [1.54, 1.807) is 0 Å². The van der Waals surface area contributed by atoms with Gasteiger partial charge in [0, 0.05) is 12.0 Å². The average molecular weight is 244 g/mol. The van der Waals surface area contributed by atoms with Crippen molar-refractivity contribution in [2.24, 2.45) is 0 Å². The van der Waals surface area contributed by atoms with Gasteiger partial charge in [0.15, 0.2) is 0 Å². The first-order valence-corrected chi connectivity index (χ1v) is 6.67. The molecule has 1 aromatic carbocycles. The van der Waals surface area contributed by atoms with Gasteiger partial charge in [-0.2, -0.15) is 0 Å². The molecule has 0 aromatic heterocycles. The lowest BCUT2D eigenvalue weighted by Gasteiger charge is -2.14. The quantitative estimate of drug-likeness (QED) is 0.739. The molecule has 1 aromatic rings. The Morgan fingerprint density at radius 3 is 2.61 bits per heavy atom. The minimum Gasteiger partial charge on any atom is -0.454 e. The van der Waals surface area contributed by atoms with Gasteiger partial charge in [0.05, 0.1) is 0 Å². The van der Waals surface area contributed by atoms with E-state index in [0.29, 0.717) is 0 Å². The third-order valence-electron chi connectivity index (χ3n) is 3.49. The molecule has 96 valence electrons. The van der Waals surface area contributed by atoms with Crippen molar-refractivity contribution >= 4 is 5.97 Å². The van der Waals surface area contributed by atoms with Crippen molar-refractivity contribution in [2.75, 3.05) is 0 Å². The van der Waals surface area contributed by atoms with Crippen LogP contribution in [0.4, 0.5) is 0 Å². The summed E-state index contributed by atoms with van der Waals surface area (Å²) >= 11 is 0. The van der Waals surface area contributed by atoms with Gasteiger partial charge in [-0.25, -0.2) is 4.79 Å². The number of ether oxygens (including phenoxy) is 1. The van der Waals surface area contributed by atoms with E-state index in [1.165, 1.54) is 11.1 Å². The third kappa shape index (κ3) is 2.81. The van der Waals surface area contributed by atoms with Crippen LogP contribution in [0.1, 0.15) is 38.7 Å². The second-order valence-electron chi connectivity index (χ2n) is 4.84.